The van der Waals surface area contributed by atoms with E-state index in [2.05, 4.69) is 6.92 Å². The molecule has 0 amide bonds. The van der Waals surface area contributed by atoms with Crippen LogP contribution in [0.1, 0.15) is 76.7 Å². The van der Waals surface area contributed by atoms with Gasteiger partial charge in [0.1, 0.15) is 5.92 Å². The molecule has 1 rings (SSSR count). The highest BCUT2D eigenvalue weighted by Gasteiger charge is 2.28. The largest absolute Gasteiger partial charge is 0.465 e. The number of carbonyl (C=O) groups excluding carboxylic acids is 2. The summed E-state index contributed by atoms with van der Waals surface area (Å²) in [5.74, 6) is -1.22. The average Bonchev–Trinajstić information content (AvgIpc) is 2.55. The Balaban J connectivity index is 2.48. The third kappa shape index (κ3) is 7.45. The van der Waals surface area contributed by atoms with E-state index in [4.69, 9.17) is 4.74 Å². The van der Waals surface area contributed by atoms with Crippen LogP contribution in [0.25, 0.3) is 0 Å². The van der Waals surface area contributed by atoms with Crippen LogP contribution in [0.2, 0.25) is 0 Å². The molecule has 0 radical (unpaired) electrons. The second-order valence-electron chi connectivity index (χ2n) is 6.00. The fourth-order valence-corrected chi connectivity index (χ4v) is 2.63. The quantitative estimate of drug-likeness (QED) is 0.308. The molecule has 3 heteroatoms. The molecule has 0 saturated carbocycles. The van der Waals surface area contributed by atoms with Gasteiger partial charge in [-0.2, -0.15) is 0 Å². The number of benzene rings is 1. The van der Waals surface area contributed by atoms with Crippen LogP contribution < -0.4 is 0 Å². The van der Waals surface area contributed by atoms with Crippen molar-refractivity contribution in [2.45, 2.75) is 71.1 Å². The Bertz CT molecular complexity index is 453. The maximum absolute atomic E-state index is 12.4. The molecule has 1 aromatic rings. The number of ketones is 1. The molecule has 0 N–H and O–H groups in total. The van der Waals surface area contributed by atoms with E-state index < -0.39 is 11.9 Å². The Labute approximate surface area is 140 Å². The molecule has 0 aliphatic heterocycles. The Morgan fingerprint density at radius 2 is 1.57 bits per heavy atom. The minimum absolute atomic E-state index is 0.0494. The van der Waals surface area contributed by atoms with Crippen LogP contribution in [0.15, 0.2) is 30.3 Å². The van der Waals surface area contributed by atoms with E-state index >= 15 is 0 Å². The van der Waals surface area contributed by atoms with Crippen molar-refractivity contribution in [1.82, 2.24) is 0 Å². The lowest BCUT2D eigenvalue weighted by Gasteiger charge is -2.15. The zero-order valence-electron chi connectivity index (χ0n) is 14.6. The molecule has 0 fully saturated rings. The highest BCUT2D eigenvalue weighted by atomic mass is 16.5. The van der Waals surface area contributed by atoms with Crippen molar-refractivity contribution < 1.29 is 14.3 Å². The first-order chi connectivity index (χ1) is 11.2. The summed E-state index contributed by atoms with van der Waals surface area (Å²) in [5.41, 5.74) is 0.735. The third-order valence-electron chi connectivity index (χ3n) is 3.93. The molecule has 0 saturated heterocycles. The van der Waals surface area contributed by atoms with Crippen molar-refractivity contribution in [2.24, 2.45) is 0 Å². The Kier molecular flexibility index (Phi) is 10.0. The van der Waals surface area contributed by atoms with Crippen LogP contribution in [-0.4, -0.2) is 18.4 Å². The molecule has 0 heterocycles. The van der Waals surface area contributed by atoms with E-state index in [1.165, 1.54) is 25.7 Å². The summed E-state index contributed by atoms with van der Waals surface area (Å²) in [4.78, 5) is 24.6. The fraction of sp³-hybridized carbons (Fsp3) is 0.600. The van der Waals surface area contributed by atoms with Gasteiger partial charge in [-0.15, -0.1) is 0 Å². The van der Waals surface area contributed by atoms with E-state index in [1.807, 2.05) is 37.3 Å². The van der Waals surface area contributed by atoms with Crippen LogP contribution in [0.3, 0.4) is 0 Å². The van der Waals surface area contributed by atoms with Gasteiger partial charge in [-0.3, -0.25) is 9.59 Å². The maximum Gasteiger partial charge on any atom is 0.321 e. The summed E-state index contributed by atoms with van der Waals surface area (Å²) < 4.78 is 5.37. The Morgan fingerprint density at radius 1 is 0.913 bits per heavy atom. The van der Waals surface area contributed by atoms with Crippen LogP contribution >= 0.6 is 0 Å². The van der Waals surface area contributed by atoms with Crippen molar-refractivity contribution in [3.8, 4) is 0 Å². The monoisotopic (exact) mass is 318 g/mol. The predicted molar refractivity (Wildman–Crippen MR) is 93.4 cm³/mol. The molecule has 0 aromatic heterocycles. The predicted octanol–water partition coefficient (Wildman–Crippen LogP) is 5.04. The molecule has 0 spiro atoms. The SMILES string of the molecule is CCCCCCCCOC(=O)C(C(=O)CCC)c1ccccc1. The molecule has 128 valence electrons. The van der Waals surface area contributed by atoms with Gasteiger partial charge in [0.05, 0.1) is 6.61 Å². The van der Waals surface area contributed by atoms with Gasteiger partial charge in [0.15, 0.2) is 5.78 Å². The Morgan fingerprint density at radius 3 is 2.22 bits per heavy atom. The summed E-state index contributed by atoms with van der Waals surface area (Å²) in [5, 5.41) is 0. The zero-order chi connectivity index (χ0) is 16.9. The molecule has 3 nitrogen and oxygen atoms in total. The number of esters is 1. The molecular formula is C20H30O3. The van der Waals surface area contributed by atoms with Gasteiger partial charge < -0.3 is 4.74 Å². The lowest BCUT2D eigenvalue weighted by Crippen LogP contribution is -2.24. The number of Topliss-reactive ketones (excluding diaryl/α,β-unsaturated/α-hetero) is 1. The smallest absolute Gasteiger partial charge is 0.321 e. The fourth-order valence-electron chi connectivity index (χ4n) is 2.63. The molecule has 0 bridgehead atoms. The zero-order valence-corrected chi connectivity index (χ0v) is 14.6. The summed E-state index contributed by atoms with van der Waals surface area (Å²) in [7, 11) is 0. The van der Waals surface area contributed by atoms with Gasteiger partial charge >= 0.3 is 5.97 Å². The van der Waals surface area contributed by atoms with Gasteiger partial charge in [0.2, 0.25) is 0 Å². The average molecular weight is 318 g/mol. The van der Waals surface area contributed by atoms with Gasteiger partial charge in [-0.05, 0) is 18.4 Å². The minimum atomic E-state index is -0.767. The molecule has 1 aromatic carbocycles. The van der Waals surface area contributed by atoms with Crippen molar-refractivity contribution in [3.63, 3.8) is 0 Å². The number of hydrogen-bond donors (Lipinski definition) is 0. The summed E-state index contributed by atoms with van der Waals surface area (Å²) >= 11 is 0. The van der Waals surface area contributed by atoms with E-state index in [0.29, 0.717) is 13.0 Å². The molecule has 1 atom stereocenters. The van der Waals surface area contributed by atoms with Crippen LogP contribution in [0, 0.1) is 0 Å². The van der Waals surface area contributed by atoms with Gasteiger partial charge in [-0.1, -0.05) is 76.3 Å². The first-order valence-electron chi connectivity index (χ1n) is 8.95. The van der Waals surface area contributed by atoms with Gasteiger partial charge in [-0.25, -0.2) is 0 Å². The lowest BCUT2D eigenvalue weighted by atomic mass is 9.92. The number of rotatable bonds is 12. The second-order valence-corrected chi connectivity index (χ2v) is 6.00. The number of carbonyl (C=O) groups is 2. The van der Waals surface area contributed by atoms with E-state index in [-0.39, 0.29) is 5.78 Å². The summed E-state index contributed by atoms with van der Waals surface area (Å²) in [6.45, 7) is 4.55. The van der Waals surface area contributed by atoms with Gasteiger partial charge in [0.25, 0.3) is 0 Å². The van der Waals surface area contributed by atoms with Crippen LogP contribution in [-0.2, 0) is 14.3 Å². The topological polar surface area (TPSA) is 43.4 Å². The lowest BCUT2D eigenvalue weighted by molar-refractivity contribution is -0.148. The van der Waals surface area contributed by atoms with Crippen molar-refractivity contribution >= 4 is 11.8 Å². The van der Waals surface area contributed by atoms with E-state index in [1.54, 1.807) is 0 Å². The number of ether oxygens (including phenoxy) is 1. The molecule has 23 heavy (non-hydrogen) atoms. The molecular weight excluding hydrogens is 288 g/mol. The number of hydrogen-bond acceptors (Lipinski definition) is 3. The highest BCUT2D eigenvalue weighted by molar-refractivity contribution is 6.04. The first-order valence-corrected chi connectivity index (χ1v) is 8.95. The van der Waals surface area contributed by atoms with Crippen molar-refractivity contribution in [1.29, 1.82) is 0 Å². The van der Waals surface area contributed by atoms with Crippen LogP contribution in [0.4, 0.5) is 0 Å². The van der Waals surface area contributed by atoms with Gasteiger partial charge in [0, 0.05) is 6.42 Å². The van der Waals surface area contributed by atoms with E-state index in [0.717, 1.165) is 24.8 Å². The molecule has 0 aliphatic rings. The van der Waals surface area contributed by atoms with E-state index in [9.17, 15) is 9.59 Å². The minimum Gasteiger partial charge on any atom is -0.465 e. The number of unbranched alkanes of at least 4 members (excludes halogenated alkanes) is 5. The molecule has 0 aliphatic carbocycles. The highest BCUT2D eigenvalue weighted by Crippen LogP contribution is 2.21. The molecule has 1 unspecified atom stereocenters. The standard InChI is InChI=1S/C20H30O3/c1-3-5-6-7-8-12-16-23-20(22)19(18(21)13-4-2)17-14-10-9-11-15-17/h9-11,14-15,19H,3-8,12-13,16H2,1-2H3. The van der Waals surface area contributed by atoms with Crippen LogP contribution in [0.5, 0.6) is 0 Å². The summed E-state index contributed by atoms with van der Waals surface area (Å²) in [6.07, 6.45) is 8.02. The summed E-state index contributed by atoms with van der Waals surface area (Å²) in [6, 6.07) is 9.23. The third-order valence-corrected chi connectivity index (χ3v) is 3.93. The normalized spacial score (nSPS) is 11.9. The second kappa shape index (κ2) is 11.9. The van der Waals surface area contributed by atoms with Crippen molar-refractivity contribution in [3.05, 3.63) is 35.9 Å². The first kappa shape index (κ1) is 19.4. The van der Waals surface area contributed by atoms with Crippen molar-refractivity contribution in [2.75, 3.05) is 6.61 Å². The maximum atomic E-state index is 12.4. The Hall–Kier alpha value is -1.64.